The van der Waals surface area contributed by atoms with E-state index in [-0.39, 0.29) is 25.0 Å². The van der Waals surface area contributed by atoms with Gasteiger partial charge in [0.25, 0.3) is 0 Å². The van der Waals surface area contributed by atoms with Gasteiger partial charge in [-0.05, 0) is 25.0 Å². The van der Waals surface area contributed by atoms with Gasteiger partial charge < -0.3 is 4.74 Å². The minimum Gasteiger partial charge on any atom is -0.463 e. The monoisotopic (exact) mass is 206 g/mol. The smallest absolute Gasteiger partial charge is 0.310 e. The van der Waals surface area contributed by atoms with Crippen LogP contribution in [0.4, 0.5) is 0 Å². The van der Waals surface area contributed by atoms with E-state index in [1.807, 2.05) is 38.1 Å². The molecule has 0 fully saturated rings. The molecule has 1 radical (unpaired) electrons. The number of rotatable bonds is 4. The minimum atomic E-state index is -0.231. The van der Waals surface area contributed by atoms with Crippen LogP contribution >= 0.6 is 0 Å². The predicted molar refractivity (Wildman–Crippen MR) is 58.2 cm³/mol. The van der Waals surface area contributed by atoms with Gasteiger partial charge in [-0.25, -0.2) is 0 Å². The van der Waals surface area contributed by atoms with E-state index in [1.54, 1.807) is 0 Å². The van der Waals surface area contributed by atoms with Crippen LogP contribution in [0.25, 0.3) is 0 Å². The van der Waals surface area contributed by atoms with E-state index < -0.39 is 0 Å². The summed E-state index contributed by atoms with van der Waals surface area (Å²) >= 11 is 0. The molecule has 1 rings (SSSR count). The molecule has 0 bridgehead atoms. The van der Waals surface area contributed by atoms with Gasteiger partial charge in [0.1, 0.15) is 0 Å². The van der Waals surface area contributed by atoms with Crippen LogP contribution in [0.5, 0.6) is 0 Å². The molecule has 1 N–H and O–H groups in total. The fourth-order valence-electron chi connectivity index (χ4n) is 1.36. The zero-order chi connectivity index (χ0) is 11.3. The third-order valence-corrected chi connectivity index (χ3v) is 2.01. The lowest BCUT2D eigenvalue weighted by atomic mass is 10.1. The molecule has 0 aliphatic rings. The number of esters is 1. The van der Waals surface area contributed by atoms with Crippen LogP contribution in [-0.4, -0.2) is 12.1 Å². The summed E-state index contributed by atoms with van der Waals surface area (Å²) in [7, 11) is 0. The highest BCUT2D eigenvalue weighted by Gasteiger charge is 2.09. The molecule has 0 atom stereocenters. The highest BCUT2D eigenvalue weighted by atomic mass is 16.5. The molecule has 0 aliphatic carbocycles. The normalized spacial score (nSPS) is 10.4. The van der Waals surface area contributed by atoms with E-state index in [9.17, 15) is 4.79 Å². The van der Waals surface area contributed by atoms with Crippen molar-refractivity contribution >= 4 is 5.97 Å². The summed E-state index contributed by atoms with van der Waals surface area (Å²) in [5.41, 5.74) is 9.09. The number of nitrogens with one attached hydrogen (secondary N) is 1. The Hall–Kier alpha value is -1.35. The Morgan fingerprint density at radius 1 is 1.33 bits per heavy atom. The van der Waals surface area contributed by atoms with E-state index in [2.05, 4.69) is 0 Å². The van der Waals surface area contributed by atoms with E-state index in [0.29, 0.717) is 0 Å². The number of hydrogen-bond donors (Lipinski definition) is 0. The summed E-state index contributed by atoms with van der Waals surface area (Å²) in [6.45, 7) is 3.85. The largest absolute Gasteiger partial charge is 0.463 e. The van der Waals surface area contributed by atoms with Crippen molar-refractivity contribution in [3.05, 3.63) is 35.4 Å². The van der Waals surface area contributed by atoms with Gasteiger partial charge in [-0.1, -0.05) is 24.3 Å². The second-order valence-corrected chi connectivity index (χ2v) is 3.66. The van der Waals surface area contributed by atoms with Crippen LogP contribution in [0.15, 0.2) is 24.3 Å². The van der Waals surface area contributed by atoms with Gasteiger partial charge in [-0.2, -0.15) is 0 Å². The zero-order valence-electron chi connectivity index (χ0n) is 9.12. The molecule has 15 heavy (non-hydrogen) atoms. The van der Waals surface area contributed by atoms with Gasteiger partial charge in [0.15, 0.2) is 0 Å². The molecule has 0 saturated heterocycles. The van der Waals surface area contributed by atoms with Crippen LogP contribution in [0.2, 0.25) is 0 Å². The van der Waals surface area contributed by atoms with Gasteiger partial charge in [0.2, 0.25) is 0 Å². The number of carbonyl (C=O) groups excluding carboxylic acids is 1. The van der Waals surface area contributed by atoms with Gasteiger partial charge >= 0.3 is 5.97 Å². The lowest BCUT2D eigenvalue weighted by Crippen LogP contribution is -2.14. The van der Waals surface area contributed by atoms with Crippen molar-refractivity contribution in [3.8, 4) is 0 Å². The third kappa shape index (κ3) is 3.72. The minimum absolute atomic E-state index is 0.0827. The summed E-state index contributed by atoms with van der Waals surface area (Å²) in [4.78, 5) is 11.4. The first-order valence-corrected chi connectivity index (χ1v) is 5.04. The summed E-state index contributed by atoms with van der Waals surface area (Å²) in [5, 5.41) is 0. The second-order valence-electron chi connectivity index (χ2n) is 3.66. The van der Waals surface area contributed by atoms with Crippen molar-refractivity contribution in [2.24, 2.45) is 0 Å². The molecule has 0 saturated carbocycles. The van der Waals surface area contributed by atoms with Crippen LogP contribution in [0.1, 0.15) is 25.0 Å². The van der Waals surface area contributed by atoms with Crippen molar-refractivity contribution in [1.82, 2.24) is 5.73 Å². The third-order valence-electron chi connectivity index (χ3n) is 2.01. The topological polar surface area (TPSA) is 50.1 Å². The maximum absolute atomic E-state index is 11.4. The summed E-state index contributed by atoms with van der Waals surface area (Å²) in [6.07, 6.45) is 0.174. The van der Waals surface area contributed by atoms with E-state index in [4.69, 9.17) is 10.5 Å². The Bertz CT molecular complexity index is 334. The van der Waals surface area contributed by atoms with Gasteiger partial charge in [-0.3, -0.25) is 10.5 Å². The molecule has 81 valence electrons. The SMILES string of the molecule is CC(C)OC(=O)Cc1ccccc1C[NH]. The number of carbonyl (C=O) groups is 1. The average molecular weight is 206 g/mol. The molecule has 0 spiro atoms. The molecule has 3 nitrogen and oxygen atoms in total. The molecule has 0 unspecified atom stereocenters. The van der Waals surface area contributed by atoms with Crippen LogP contribution in [-0.2, 0) is 22.5 Å². The average Bonchev–Trinajstić information content (AvgIpc) is 2.17. The molecule has 0 heterocycles. The van der Waals surface area contributed by atoms with Crippen LogP contribution in [0.3, 0.4) is 0 Å². The molecule has 0 amide bonds. The van der Waals surface area contributed by atoms with Crippen molar-refractivity contribution in [2.45, 2.75) is 32.9 Å². The van der Waals surface area contributed by atoms with Crippen LogP contribution < -0.4 is 5.73 Å². The van der Waals surface area contributed by atoms with Gasteiger partial charge in [-0.15, -0.1) is 0 Å². The Balaban J connectivity index is 2.67. The first-order chi connectivity index (χ1) is 7.13. The Kier molecular flexibility index (Phi) is 4.31. The van der Waals surface area contributed by atoms with E-state index >= 15 is 0 Å². The number of benzene rings is 1. The molecular weight excluding hydrogens is 190 g/mol. The lowest BCUT2D eigenvalue weighted by molar-refractivity contribution is -0.146. The highest BCUT2D eigenvalue weighted by molar-refractivity contribution is 5.73. The Morgan fingerprint density at radius 2 is 1.93 bits per heavy atom. The molecule has 1 aromatic rings. The van der Waals surface area contributed by atoms with Crippen molar-refractivity contribution in [3.63, 3.8) is 0 Å². The maximum Gasteiger partial charge on any atom is 0.310 e. The molecule has 0 aliphatic heterocycles. The number of ether oxygens (including phenoxy) is 1. The van der Waals surface area contributed by atoms with E-state index in [0.717, 1.165) is 11.1 Å². The highest BCUT2D eigenvalue weighted by Crippen LogP contribution is 2.10. The molecule has 3 heteroatoms. The summed E-state index contributed by atoms with van der Waals surface area (Å²) < 4.78 is 5.05. The lowest BCUT2D eigenvalue weighted by Gasteiger charge is -2.09. The first kappa shape index (κ1) is 11.7. The Morgan fingerprint density at radius 3 is 2.47 bits per heavy atom. The summed E-state index contributed by atoms with van der Waals surface area (Å²) in [6, 6.07) is 7.48. The fourth-order valence-corrected chi connectivity index (χ4v) is 1.36. The first-order valence-electron chi connectivity index (χ1n) is 5.04. The standard InChI is InChI=1S/C12H16NO2/c1-9(2)15-12(14)7-10-5-3-4-6-11(10)8-13/h3-6,9,13H,7-8H2,1-2H3. The van der Waals surface area contributed by atoms with Crippen molar-refractivity contribution in [1.29, 1.82) is 0 Å². The van der Waals surface area contributed by atoms with E-state index in [1.165, 1.54) is 0 Å². The maximum atomic E-state index is 11.4. The fraction of sp³-hybridized carbons (Fsp3) is 0.417. The summed E-state index contributed by atoms with van der Waals surface area (Å²) in [5.74, 6) is -0.231. The second kappa shape index (κ2) is 5.51. The Labute approximate surface area is 90.2 Å². The predicted octanol–water partition coefficient (Wildman–Crippen LogP) is 1.96. The van der Waals surface area contributed by atoms with Gasteiger partial charge in [0.05, 0.1) is 12.5 Å². The van der Waals surface area contributed by atoms with Gasteiger partial charge in [0, 0.05) is 6.54 Å². The molecule has 0 aromatic heterocycles. The van der Waals surface area contributed by atoms with Crippen molar-refractivity contribution < 1.29 is 9.53 Å². The quantitative estimate of drug-likeness (QED) is 0.707. The zero-order valence-corrected chi connectivity index (χ0v) is 9.12. The number of hydrogen-bond acceptors (Lipinski definition) is 2. The molecule has 1 aromatic carbocycles. The van der Waals surface area contributed by atoms with Crippen molar-refractivity contribution in [2.75, 3.05) is 0 Å². The van der Waals surface area contributed by atoms with Crippen LogP contribution in [0, 0.1) is 0 Å². The molecular formula is C12H16NO2.